The number of fused-ring (bicyclic) bond motifs is 1. The maximum atomic E-state index is 11.7. The van der Waals surface area contributed by atoms with Crippen LogP contribution in [0.1, 0.15) is 19.4 Å². The smallest absolute Gasteiger partial charge is 0.242 e. The number of carbonyl (C=O) groups excluding carboxylic acids is 1. The first-order chi connectivity index (χ1) is 12.0. The van der Waals surface area contributed by atoms with Crippen LogP contribution < -0.4 is 14.8 Å². The van der Waals surface area contributed by atoms with Gasteiger partial charge in [-0.05, 0) is 26.0 Å². The highest BCUT2D eigenvalue weighted by Gasteiger charge is 2.32. The molecular weight excluding hydrogens is 318 g/mol. The molecule has 6 nitrogen and oxygen atoms in total. The third-order valence-electron chi connectivity index (χ3n) is 3.72. The van der Waals surface area contributed by atoms with Crippen LogP contribution in [0.25, 0.3) is 0 Å². The average molecular weight is 339 g/mol. The minimum absolute atomic E-state index is 0.129. The molecule has 3 rings (SSSR count). The Hall–Kier alpha value is -2.94. The molecule has 1 N–H and O–H groups in total. The van der Waals surface area contributed by atoms with Crippen molar-refractivity contribution >= 4 is 5.91 Å². The monoisotopic (exact) mass is 339 g/mol. The number of rotatable bonds is 5. The molecule has 0 radical (unpaired) electrons. The molecule has 0 bridgehead atoms. The fraction of sp³-hybridized carbons (Fsp3) is 0.368. The summed E-state index contributed by atoms with van der Waals surface area (Å²) >= 11 is 0. The molecule has 1 aromatic heterocycles. The number of nitrogens with one attached hydrogen (secondary N) is 1. The highest BCUT2D eigenvalue weighted by atomic mass is 16.5. The van der Waals surface area contributed by atoms with Crippen LogP contribution in [0, 0.1) is 11.8 Å². The predicted octanol–water partition coefficient (Wildman–Crippen LogP) is 1.80. The van der Waals surface area contributed by atoms with Gasteiger partial charge < -0.3 is 14.8 Å². The van der Waals surface area contributed by atoms with E-state index in [9.17, 15) is 4.79 Å². The second kappa shape index (κ2) is 7.31. The van der Waals surface area contributed by atoms with E-state index < -0.39 is 0 Å². The van der Waals surface area contributed by atoms with E-state index in [-0.39, 0.29) is 31.2 Å². The summed E-state index contributed by atoms with van der Waals surface area (Å²) in [7, 11) is 0. The summed E-state index contributed by atoms with van der Waals surface area (Å²) in [6.07, 6.45) is 4.24. The highest BCUT2D eigenvalue weighted by molar-refractivity contribution is 5.75. The zero-order chi connectivity index (χ0) is 17.7. The number of hydrogen-bond donors (Lipinski definition) is 1. The van der Waals surface area contributed by atoms with Crippen LogP contribution in [-0.2, 0) is 17.8 Å². The number of para-hydroxylation sites is 1. The molecule has 2 heterocycles. The van der Waals surface area contributed by atoms with Crippen LogP contribution in [0.15, 0.2) is 36.7 Å². The normalized spacial score (nSPS) is 14.0. The summed E-state index contributed by atoms with van der Waals surface area (Å²) in [5.74, 6) is 7.15. The number of nitrogens with zero attached hydrogens (tertiary/aromatic N) is 2. The second-order valence-corrected chi connectivity index (χ2v) is 6.41. The van der Waals surface area contributed by atoms with Crippen molar-refractivity contribution in [3.8, 4) is 23.3 Å². The topological polar surface area (TPSA) is 65.4 Å². The molecule has 0 aliphatic carbocycles. The van der Waals surface area contributed by atoms with Crippen molar-refractivity contribution in [1.82, 2.24) is 15.1 Å². The van der Waals surface area contributed by atoms with Gasteiger partial charge >= 0.3 is 0 Å². The Labute approximate surface area is 147 Å². The Kier molecular flexibility index (Phi) is 4.94. The molecule has 0 fully saturated rings. The molecule has 0 saturated carbocycles. The van der Waals surface area contributed by atoms with E-state index in [4.69, 9.17) is 9.47 Å². The van der Waals surface area contributed by atoms with Crippen LogP contribution >= 0.6 is 0 Å². The SMILES string of the molecule is CC1(C)Cc2cccc(OCC#CCNC(=O)Cn3cccn3)c2O1. The van der Waals surface area contributed by atoms with Gasteiger partial charge in [0, 0.05) is 24.4 Å². The number of amides is 1. The molecule has 25 heavy (non-hydrogen) atoms. The fourth-order valence-corrected chi connectivity index (χ4v) is 2.67. The van der Waals surface area contributed by atoms with E-state index in [0.717, 1.165) is 17.7 Å². The van der Waals surface area contributed by atoms with Gasteiger partial charge in [-0.15, -0.1) is 0 Å². The summed E-state index contributed by atoms with van der Waals surface area (Å²) in [6.45, 7) is 4.83. The summed E-state index contributed by atoms with van der Waals surface area (Å²) in [4.78, 5) is 11.7. The Morgan fingerprint density at radius 1 is 1.40 bits per heavy atom. The van der Waals surface area contributed by atoms with Gasteiger partial charge in [-0.3, -0.25) is 9.48 Å². The predicted molar refractivity (Wildman–Crippen MR) is 93.4 cm³/mol. The van der Waals surface area contributed by atoms with Gasteiger partial charge in [0.05, 0.1) is 6.54 Å². The van der Waals surface area contributed by atoms with Gasteiger partial charge in [0.2, 0.25) is 5.91 Å². The Morgan fingerprint density at radius 3 is 3.08 bits per heavy atom. The zero-order valence-corrected chi connectivity index (χ0v) is 14.4. The first kappa shape index (κ1) is 16.9. The third kappa shape index (κ3) is 4.54. The van der Waals surface area contributed by atoms with E-state index >= 15 is 0 Å². The van der Waals surface area contributed by atoms with Crippen LogP contribution in [0.5, 0.6) is 11.5 Å². The second-order valence-electron chi connectivity index (χ2n) is 6.41. The van der Waals surface area contributed by atoms with Gasteiger partial charge in [0.25, 0.3) is 0 Å². The maximum absolute atomic E-state index is 11.7. The molecule has 130 valence electrons. The Bertz CT molecular complexity index is 801. The lowest BCUT2D eigenvalue weighted by atomic mass is 10.0. The van der Waals surface area contributed by atoms with Crippen molar-refractivity contribution in [2.24, 2.45) is 0 Å². The van der Waals surface area contributed by atoms with Crippen LogP contribution in [0.3, 0.4) is 0 Å². The number of benzene rings is 1. The molecule has 1 aliphatic heterocycles. The summed E-state index contributed by atoms with van der Waals surface area (Å²) in [5.41, 5.74) is 0.952. The van der Waals surface area contributed by atoms with Crippen molar-refractivity contribution in [2.45, 2.75) is 32.4 Å². The van der Waals surface area contributed by atoms with E-state index in [2.05, 4.69) is 42.2 Å². The minimum Gasteiger partial charge on any atom is -0.483 e. The molecule has 2 aromatic rings. The summed E-state index contributed by atoms with van der Waals surface area (Å²) in [5, 5.41) is 6.69. The third-order valence-corrected chi connectivity index (χ3v) is 3.72. The van der Waals surface area contributed by atoms with Gasteiger partial charge in [-0.2, -0.15) is 5.10 Å². The number of aromatic nitrogens is 2. The maximum Gasteiger partial charge on any atom is 0.242 e. The molecular formula is C19H21N3O3. The van der Waals surface area contributed by atoms with Crippen molar-refractivity contribution < 1.29 is 14.3 Å². The number of ether oxygens (including phenoxy) is 2. The molecule has 0 unspecified atom stereocenters. The lowest BCUT2D eigenvalue weighted by Gasteiger charge is -2.17. The van der Waals surface area contributed by atoms with Crippen molar-refractivity contribution in [3.63, 3.8) is 0 Å². The molecule has 0 spiro atoms. The quantitative estimate of drug-likeness (QED) is 0.844. The molecule has 1 aromatic carbocycles. The number of carbonyl (C=O) groups is 1. The van der Waals surface area contributed by atoms with Crippen LogP contribution in [-0.4, -0.2) is 34.4 Å². The van der Waals surface area contributed by atoms with Crippen molar-refractivity contribution in [2.75, 3.05) is 13.2 Å². The van der Waals surface area contributed by atoms with E-state index in [1.165, 1.54) is 0 Å². The largest absolute Gasteiger partial charge is 0.483 e. The fourth-order valence-electron chi connectivity index (χ4n) is 2.67. The standard InChI is InChI=1S/C19H21N3O3/c1-19(2)13-15-7-5-8-16(18(15)25-19)24-12-4-3-9-20-17(23)14-22-11-6-10-21-22/h5-8,10-11H,9,12-14H2,1-2H3,(H,20,23). The van der Waals surface area contributed by atoms with Crippen LogP contribution in [0.2, 0.25) is 0 Å². The molecule has 0 atom stereocenters. The molecule has 0 saturated heterocycles. The van der Waals surface area contributed by atoms with E-state index in [0.29, 0.717) is 5.75 Å². The molecule has 1 aliphatic rings. The Morgan fingerprint density at radius 2 is 2.28 bits per heavy atom. The van der Waals surface area contributed by atoms with Crippen molar-refractivity contribution in [1.29, 1.82) is 0 Å². The molecule has 1 amide bonds. The Balaban J connectivity index is 1.43. The highest BCUT2D eigenvalue weighted by Crippen LogP contribution is 2.41. The van der Waals surface area contributed by atoms with Gasteiger partial charge in [-0.25, -0.2) is 0 Å². The average Bonchev–Trinajstić information content (AvgIpc) is 3.16. The summed E-state index contributed by atoms with van der Waals surface area (Å²) in [6, 6.07) is 7.67. The minimum atomic E-state index is -0.202. The lowest BCUT2D eigenvalue weighted by Crippen LogP contribution is -2.28. The summed E-state index contributed by atoms with van der Waals surface area (Å²) < 4.78 is 13.2. The van der Waals surface area contributed by atoms with Crippen molar-refractivity contribution in [3.05, 3.63) is 42.2 Å². The van der Waals surface area contributed by atoms with Gasteiger partial charge in [0.15, 0.2) is 11.5 Å². The first-order valence-corrected chi connectivity index (χ1v) is 8.17. The van der Waals surface area contributed by atoms with Gasteiger partial charge in [0.1, 0.15) is 18.8 Å². The van der Waals surface area contributed by atoms with E-state index in [1.54, 1.807) is 23.1 Å². The van der Waals surface area contributed by atoms with Gasteiger partial charge in [-0.1, -0.05) is 24.0 Å². The zero-order valence-electron chi connectivity index (χ0n) is 14.4. The first-order valence-electron chi connectivity index (χ1n) is 8.17. The van der Waals surface area contributed by atoms with Crippen LogP contribution in [0.4, 0.5) is 0 Å². The number of hydrogen-bond acceptors (Lipinski definition) is 4. The molecule has 6 heteroatoms. The lowest BCUT2D eigenvalue weighted by molar-refractivity contribution is -0.121. The van der Waals surface area contributed by atoms with E-state index in [1.807, 2.05) is 12.1 Å².